The highest BCUT2D eigenvalue weighted by atomic mass is 15.2. The number of anilines is 1. The largest absolute Gasteiger partial charge is 0.371 e. The van der Waals surface area contributed by atoms with Gasteiger partial charge in [0, 0.05) is 55.0 Å². The van der Waals surface area contributed by atoms with Crippen molar-refractivity contribution < 1.29 is 0 Å². The molecular weight excluding hydrogens is 370 g/mol. The number of hydrogen-bond acceptors (Lipinski definition) is 2. The minimum absolute atomic E-state index is 0.471. The van der Waals surface area contributed by atoms with Crippen LogP contribution in [0.2, 0.25) is 0 Å². The summed E-state index contributed by atoms with van der Waals surface area (Å²) in [5.74, 6) is 0.937. The summed E-state index contributed by atoms with van der Waals surface area (Å²) in [7, 11) is 0. The Bertz CT molecular complexity index is 968. The predicted octanol–water partition coefficient (Wildman–Crippen LogP) is 4.24. The van der Waals surface area contributed by atoms with Gasteiger partial charge in [-0.05, 0) is 56.4 Å². The molecule has 1 aliphatic rings. The summed E-state index contributed by atoms with van der Waals surface area (Å²) in [6.07, 6.45) is 5.32. The van der Waals surface area contributed by atoms with Crippen molar-refractivity contribution in [1.82, 2.24) is 15.6 Å². The lowest BCUT2D eigenvalue weighted by Crippen LogP contribution is -2.48. The Kier molecular flexibility index (Phi) is 6.57. The van der Waals surface area contributed by atoms with Crippen LogP contribution in [0, 0.1) is 6.92 Å². The summed E-state index contributed by atoms with van der Waals surface area (Å²) in [5, 5.41) is 8.39. The lowest BCUT2D eigenvalue weighted by Gasteiger charge is -2.34. The normalized spacial score (nSPS) is 15.5. The van der Waals surface area contributed by atoms with Gasteiger partial charge in [0.05, 0.1) is 0 Å². The second-order valence-corrected chi connectivity index (χ2v) is 8.06. The highest BCUT2D eigenvalue weighted by molar-refractivity contribution is 5.86. The molecule has 3 aromatic rings. The van der Waals surface area contributed by atoms with Crippen LogP contribution in [-0.4, -0.2) is 43.2 Å². The molecule has 30 heavy (non-hydrogen) atoms. The average molecular weight is 404 g/mol. The number of piperidine rings is 1. The second kappa shape index (κ2) is 9.70. The Morgan fingerprint density at radius 3 is 2.67 bits per heavy atom. The monoisotopic (exact) mass is 403 g/mol. The van der Waals surface area contributed by atoms with E-state index in [1.54, 1.807) is 0 Å². The molecule has 2 aromatic carbocycles. The number of hydrogen-bond donors (Lipinski definition) is 3. The SMILES string of the molecule is CCNC(=NCCc1c[nH]c2c(C)cccc12)NC1CCN(c2ccccc2)CC1. The van der Waals surface area contributed by atoms with Crippen molar-refractivity contribution in [2.75, 3.05) is 31.1 Å². The number of fused-ring (bicyclic) bond motifs is 1. The van der Waals surface area contributed by atoms with Crippen LogP contribution in [0.1, 0.15) is 30.9 Å². The maximum atomic E-state index is 4.86. The van der Waals surface area contributed by atoms with Crippen LogP contribution in [0.3, 0.4) is 0 Å². The van der Waals surface area contributed by atoms with Crippen LogP contribution < -0.4 is 15.5 Å². The number of benzene rings is 2. The van der Waals surface area contributed by atoms with Crippen molar-refractivity contribution in [2.24, 2.45) is 4.99 Å². The number of nitrogens with zero attached hydrogens (tertiary/aromatic N) is 2. The molecule has 5 nitrogen and oxygen atoms in total. The van der Waals surface area contributed by atoms with Crippen LogP contribution in [0.4, 0.5) is 5.69 Å². The Morgan fingerprint density at radius 1 is 1.10 bits per heavy atom. The first-order valence-electron chi connectivity index (χ1n) is 11.1. The molecule has 0 saturated carbocycles. The van der Waals surface area contributed by atoms with Gasteiger partial charge in [-0.1, -0.05) is 36.4 Å². The van der Waals surface area contributed by atoms with E-state index in [1.165, 1.54) is 27.7 Å². The fourth-order valence-corrected chi connectivity index (χ4v) is 4.29. The van der Waals surface area contributed by atoms with Gasteiger partial charge in [0.1, 0.15) is 0 Å². The van der Waals surface area contributed by atoms with Crippen LogP contribution in [0.5, 0.6) is 0 Å². The standard InChI is InChI=1S/C25H33N5/c1-3-26-25(27-15-12-20-18-28-24-19(2)8-7-11-23(20)24)29-21-13-16-30(17-14-21)22-9-5-4-6-10-22/h4-11,18,21,28H,3,12-17H2,1-2H3,(H2,26,27,29). The first kappa shape index (κ1) is 20.3. The maximum absolute atomic E-state index is 4.86. The van der Waals surface area contributed by atoms with Crippen LogP contribution in [-0.2, 0) is 6.42 Å². The number of aryl methyl sites for hydroxylation is 1. The number of nitrogens with one attached hydrogen (secondary N) is 3. The summed E-state index contributed by atoms with van der Waals surface area (Å²) in [5.41, 5.74) is 5.20. The van der Waals surface area contributed by atoms with Crippen molar-refractivity contribution >= 4 is 22.5 Å². The molecule has 0 amide bonds. The smallest absolute Gasteiger partial charge is 0.191 e. The number of rotatable bonds is 6. The van der Waals surface area contributed by atoms with Gasteiger partial charge in [-0.3, -0.25) is 4.99 Å². The lowest BCUT2D eigenvalue weighted by molar-refractivity contribution is 0.461. The summed E-state index contributed by atoms with van der Waals surface area (Å²) in [4.78, 5) is 10.7. The minimum Gasteiger partial charge on any atom is -0.371 e. The van der Waals surface area contributed by atoms with Gasteiger partial charge in [0.25, 0.3) is 0 Å². The third kappa shape index (κ3) is 4.78. The molecule has 0 atom stereocenters. The zero-order chi connectivity index (χ0) is 20.8. The molecule has 0 radical (unpaired) electrons. The molecule has 158 valence electrons. The molecule has 3 N–H and O–H groups in total. The van der Waals surface area contributed by atoms with E-state index in [2.05, 4.69) is 89.1 Å². The van der Waals surface area contributed by atoms with E-state index in [9.17, 15) is 0 Å². The van der Waals surface area contributed by atoms with Gasteiger partial charge in [-0.2, -0.15) is 0 Å². The number of H-pyrrole nitrogens is 1. The lowest BCUT2D eigenvalue weighted by atomic mass is 10.0. The van der Waals surface area contributed by atoms with Gasteiger partial charge in [0.2, 0.25) is 0 Å². The second-order valence-electron chi connectivity index (χ2n) is 8.06. The first-order valence-corrected chi connectivity index (χ1v) is 11.1. The van der Waals surface area contributed by atoms with E-state index in [0.717, 1.165) is 51.4 Å². The van der Waals surface area contributed by atoms with Crippen LogP contribution >= 0.6 is 0 Å². The van der Waals surface area contributed by atoms with Gasteiger partial charge in [-0.25, -0.2) is 0 Å². The minimum atomic E-state index is 0.471. The first-order chi connectivity index (χ1) is 14.7. The zero-order valence-electron chi connectivity index (χ0n) is 18.1. The van der Waals surface area contributed by atoms with Crippen molar-refractivity contribution in [3.8, 4) is 0 Å². The van der Waals surface area contributed by atoms with Gasteiger partial charge in [-0.15, -0.1) is 0 Å². The summed E-state index contributed by atoms with van der Waals surface area (Å²) < 4.78 is 0. The number of para-hydroxylation sites is 2. The van der Waals surface area contributed by atoms with E-state index >= 15 is 0 Å². The summed E-state index contributed by atoms with van der Waals surface area (Å²) in [6.45, 7) is 8.08. The van der Waals surface area contributed by atoms with Crippen molar-refractivity contribution in [3.63, 3.8) is 0 Å². The van der Waals surface area contributed by atoms with Crippen molar-refractivity contribution in [1.29, 1.82) is 0 Å². The van der Waals surface area contributed by atoms with Gasteiger partial charge < -0.3 is 20.5 Å². The highest BCUT2D eigenvalue weighted by Crippen LogP contribution is 2.22. The number of guanidine groups is 1. The Balaban J connectivity index is 1.32. The van der Waals surface area contributed by atoms with E-state index in [4.69, 9.17) is 4.99 Å². The average Bonchev–Trinajstić information content (AvgIpc) is 3.19. The Hall–Kier alpha value is -2.95. The fraction of sp³-hybridized carbons (Fsp3) is 0.400. The number of aromatic nitrogens is 1. The van der Waals surface area contributed by atoms with E-state index in [1.807, 2.05) is 0 Å². The Morgan fingerprint density at radius 2 is 1.90 bits per heavy atom. The van der Waals surface area contributed by atoms with E-state index in [0.29, 0.717) is 6.04 Å². The van der Waals surface area contributed by atoms with E-state index < -0.39 is 0 Å². The molecule has 1 saturated heterocycles. The van der Waals surface area contributed by atoms with Gasteiger partial charge in [0.15, 0.2) is 5.96 Å². The molecule has 0 spiro atoms. The summed E-state index contributed by atoms with van der Waals surface area (Å²) >= 11 is 0. The zero-order valence-corrected chi connectivity index (χ0v) is 18.1. The molecule has 1 aromatic heterocycles. The molecule has 1 fully saturated rings. The highest BCUT2D eigenvalue weighted by Gasteiger charge is 2.20. The molecule has 0 bridgehead atoms. The maximum Gasteiger partial charge on any atom is 0.191 e. The number of aromatic amines is 1. The Labute approximate surface area is 179 Å². The molecule has 5 heteroatoms. The topological polar surface area (TPSA) is 55.5 Å². The molecule has 0 unspecified atom stereocenters. The van der Waals surface area contributed by atoms with Crippen LogP contribution in [0.25, 0.3) is 10.9 Å². The molecule has 1 aliphatic heterocycles. The van der Waals surface area contributed by atoms with Crippen LogP contribution in [0.15, 0.2) is 59.7 Å². The molecule has 2 heterocycles. The quantitative estimate of drug-likeness (QED) is 0.426. The third-order valence-electron chi connectivity index (χ3n) is 5.96. The summed E-state index contributed by atoms with van der Waals surface area (Å²) in [6, 6.07) is 17.7. The molecule has 0 aliphatic carbocycles. The van der Waals surface area contributed by atoms with E-state index in [-0.39, 0.29) is 0 Å². The van der Waals surface area contributed by atoms with Crippen molar-refractivity contribution in [2.45, 2.75) is 39.2 Å². The van der Waals surface area contributed by atoms with Gasteiger partial charge >= 0.3 is 0 Å². The fourth-order valence-electron chi connectivity index (χ4n) is 4.29. The third-order valence-corrected chi connectivity index (χ3v) is 5.96. The number of aliphatic imine (C=N–C) groups is 1. The molecule has 4 rings (SSSR count). The molecular formula is C25H33N5. The predicted molar refractivity (Wildman–Crippen MR) is 128 cm³/mol. The van der Waals surface area contributed by atoms with Crippen molar-refractivity contribution in [3.05, 3.63) is 65.9 Å².